The highest BCUT2D eigenvalue weighted by molar-refractivity contribution is 5.81. The number of hydrogen-bond acceptors (Lipinski definition) is 5. The lowest BCUT2D eigenvalue weighted by atomic mass is 10.0. The van der Waals surface area contributed by atoms with Crippen LogP contribution in [-0.4, -0.2) is 34.3 Å². The van der Waals surface area contributed by atoms with Crippen LogP contribution >= 0.6 is 0 Å². The summed E-state index contributed by atoms with van der Waals surface area (Å²) in [5.41, 5.74) is 1.75. The Balaban J connectivity index is 1.46. The van der Waals surface area contributed by atoms with Gasteiger partial charge in [0.2, 0.25) is 0 Å². The molecule has 6 heteroatoms. The van der Waals surface area contributed by atoms with Crippen LogP contribution in [0, 0.1) is 5.82 Å². The molecule has 0 aliphatic carbocycles. The molecule has 1 aliphatic heterocycles. The Labute approximate surface area is 145 Å². The standard InChI is InChI=1S/C19H20FN5/c20-16-10-14-4-1-7-21-19(14)15(11-16)12-22-17-5-3-9-25(13-17)18-6-2-8-23-24-18/h1-2,4,6-8,10-11,17,22H,3,5,9,12-13H2. The number of aromatic nitrogens is 3. The molecule has 1 fully saturated rings. The normalized spacial score (nSPS) is 17.8. The number of fused-ring (bicyclic) bond motifs is 1. The van der Waals surface area contributed by atoms with Crippen molar-refractivity contribution in [2.24, 2.45) is 0 Å². The van der Waals surface area contributed by atoms with Gasteiger partial charge in [0.1, 0.15) is 5.82 Å². The molecule has 25 heavy (non-hydrogen) atoms. The van der Waals surface area contributed by atoms with Gasteiger partial charge in [0.25, 0.3) is 0 Å². The third kappa shape index (κ3) is 3.58. The third-order valence-electron chi connectivity index (χ3n) is 4.63. The molecule has 0 radical (unpaired) electrons. The van der Waals surface area contributed by atoms with Crippen LogP contribution in [0.4, 0.5) is 10.2 Å². The van der Waals surface area contributed by atoms with E-state index in [0.717, 1.165) is 48.2 Å². The number of nitrogens with zero attached hydrogens (tertiary/aromatic N) is 4. The Morgan fingerprint density at radius 2 is 2.12 bits per heavy atom. The molecule has 4 rings (SSSR count). The zero-order valence-electron chi connectivity index (χ0n) is 13.9. The second-order valence-corrected chi connectivity index (χ2v) is 6.39. The Bertz CT molecular complexity index is 855. The molecule has 1 unspecified atom stereocenters. The fourth-order valence-corrected chi connectivity index (χ4v) is 3.43. The van der Waals surface area contributed by atoms with Crippen molar-refractivity contribution in [2.75, 3.05) is 18.0 Å². The number of anilines is 1. The quantitative estimate of drug-likeness (QED) is 0.793. The number of halogens is 1. The van der Waals surface area contributed by atoms with Gasteiger partial charge in [-0.25, -0.2) is 4.39 Å². The average molecular weight is 337 g/mol. The number of benzene rings is 1. The summed E-state index contributed by atoms with van der Waals surface area (Å²) < 4.78 is 13.9. The van der Waals surface area contributed by atoms with Gasteiger partial charge in [-0.1, -0.05) is 6.07 Å². The second-order valence-electron chi connectivity index (χ2n) is 6.39. The van der Waals surface area contributed by atoms with Crippen LogP contribution in [0.25, 0.3) is 10.9 Å². The van der Waals surface area contributed by atoms with Crippen LogP contribution in [0.3, 0.4) is 0 Å². The van der Waals surface area contributed by atoms with Gasteiger partial charge in [0.05, 0.1) is 5.52 Å². The smallest absolute Gasteiger partial charge is 0.151 e. The molecule has 3 aromatic rings. The molecule has 128 valence electrons. The van der Waals surface area contributed by atoms with E-state index in [1.54, 1.807) is 18.5 Å². The Hall–Kier alpha value is -2.60. The molecular formula is C19H20FN5. The van der Waals surface area contributed by atoms with Crippen LogP contribution in [0.5, 0.6) is 0 Å². The Morgan fingerprint density at radius 1 is 1.20 bits per heavy atom. The molecule has 0 saturated carbocycles. The van der Waals surface area contributed by atoms with Gasteiger partial charge in [-0.2, -0.15) is 5.10 Å². The van der Waals surface area contributed by atoms with E-state index in [1.807, 2.05) is 24.3 Å². The van der Waals surface area contributed by atoms with Crippen molar-refractivity contribution >= 4 is 16.7 Å². The van der Waals surface area contributed by atoms with Crippen molar-refractivity contribution in [3.8, 4) is 0 Å². The van der Waals surface area contributed by atoms with Crippen LogP contribution < -0.4 is 10.2 Å². The Morgan fingerprint density at radius 3 is 3.00 bits per heavy atom. The predicted octanol–water partition coefficient (Wildman–Crippen LogP) is 2.92. The predicted molar refractivity (Wildman–Crippen MR) is 95.8 cm³/mol. The molecule has 1 aliphatic rings. The lowest BCUT2D eigenvalue weighted by Crippen LogP contribution is -2.45. The van der Waals surface area contributed by atoms with Gasteiger partial charge in [-0.3, -0.25) is 4.98 Å². The van der Waals surface area contributed by atoms with Crippen molar-refractivity contribution in [3.05, 3.63) is 60.2 Å². The maximum absolute atomic E-state index is 13.9. The minimum Gasteiger partial charge on any atom is -0.354 e. The molecule has 0 amide bonds. The molecule has 5 nitrogen and oxygen atoms in total. The summed E-state index contributed by atoms with van der Waals surface area (Å²) in [5.74, 6) is 0.689. The summed E-state index contributed by atoms with van der Waals surface area (Å²) >= 11 is 0. The highest BCUT2D eigenvalue weighted by atomic mass is 19.1. The molecule has 2 aromatic heterocycles. The highest BCUT2D eigenvalue weighted by Crippen LogP contribution is 2.20. The summed E-state index contributed by atoms with van der Waals surface area (Å²) in [6.07, 6.45) is 5.62. The van der Waals surface area contributed by atoms with Crippen molar-refractivity contribution in [1.82, 2.24) is 20.5 Å². The third-order valence-corrected chi connectivity index (χ3v) is 4.63. The number of hydrogen-bond donors (Lipinski definition) is 1. The second kappa shape index (κ2) is 7.11. The molecule has 1 N–H and O–H groups in total. The molecule has 0 spiro atoms. The molecule has 1 aromatic carbocycles. The highest BCUT2D eigenvalue weighted by Gasteiger charge is 2.21. The fourth-order valence-electron chi connectivity index (χ4n) is 3.43. The van der Waals surface area contributed by atoms with E-state index in [4.69, 9.17) is 0 Å². The van der Waals surface area contributed by atoms with E-state index in [0.29, 0.717) is 12.6 Å². The van der Waals surface area contributed by atoms with Crippen molar-refractivity contribution in [2.45, 2.75) is 25.4 Å². The number of nitrogens with one attached hydrogen (secondary N) is 1. The van der Waals surface area contributed by atoms with Gasteiger partial charge in [-0.15, -0.1) is 5.10 Å². The lowest BCUT2D eigenvalue weighted by molar-refractivity contribution is 0.419. The first kappa shape index (κ1) is 15.9. The minimum absolute atomic E-state index is 0.220. The van der Waals surface area contributed by atoms with Crippen molar-refractivity contribution < 1.29 is 4.39 Å². The van der Waals surface area contributed by atoms with Gasteiger partial charge < -0.3 is 10.2 Å². The summed E-state index contributed by atoms with van der Waals surface area (Å²) in [6, 6.07) is 11.1. The molecule has 1 saturated heterocycles. The van der Waals surface area contributed by atoms with Crippen LogP contribution in [0.15, 0.2) is 48.8 Å². The maximum Gasteiger partial charge on any atom is 0.151 e. The van der Waals surface area contributed by atoms with E-state index in [9.17, 15) is 4.39 Å². The number of pyridine rings is 1. The fraction of sp³-hybridized carbons (Fsp3) is 0.316. The van der Waals surface area contributed by atoms with Crippen LogP contribution in [-0.2, 0) is 6.54 Å². The lowest BCUT2D eigenvalue weighted by Gasteiger charge is -2.33. The first-order valence-electron chi connectivity index (χ1n) is 8.59. The van der Waals surface area contributed by atoms with Gasteiger partial charge in [-0.05, 0) is 48.7 Å². The molecular weight excluding hydrogens is 317 g/mol. The number of piperidine rings is 1. The maximum atomic E-state index is 13.9. The van der Waals surface area contributed by atoms with Crippen molar-refractivity contribution in [1.29, 1.82) is 0 Å². The van der Waals surface area contributed by atoms with E-state index >= 15 is 0 Å². The van der Waals surface area contributed by atoms with Gasteiger partial charge >= 0.3 is 0 Å². The van der Waals surface area contributed by atoms with Crippen LogP contribution in [0.1, 0.15) is 18.4 Å². The van der Waals surface area contributed by atoms with Gasteiger partial charge in [0, 0.05) is 43.5 Å². The average Bonchev–Trinajstić information content (AvgIpc) is 2.67. The van der Waals surface area contributed by atoms with E-state index < -0.39 is 0 Å². The largest absolute Gasteiger partial charge is 0.354 e. The van der Waals surface area contributed by atoms with E-state index in [1.165, 1.54) is 6.07 Å². The Kier molecular flexibility index (Phi) is 4.52. The zero-order chi connectivity index (χ0) is 17.1. The summed E-state index contributed by atoms with van der Waals surface area (Å²) in [5, 5.41) is 12.6. The molecule has 0 bridgehead atoms. The summed E-state index contributed by atoms with van der Waals surface area (Å²) in [4.78, 5) is 6.66. The topological polar surface area (TPSA) is 53.9 Å². The van der Waals surface area contributed by atoms with E-state index in [2.05, 4.69) is 25.4 Å². The SMILES string of the molecule is Fc1cc(CNC2CCCN(c3cccnn3)C2)c2ncccc2c1. The first-order chi connectivity index (χ1) is 12.3. The monoisotopic (exact) mass is 337 g/mol. The van der Waals surface area contributed by atoms with Gasteiger partial charge in [0.15, 0.2) is 5.82 Å². The number of rotatable bonds is 4. The minimum atomic E-state index is -0.220. The summed E-state index contributed by atoms with van der Waals surface area (Å²) in [7, 11) is 0. The zero-order valence-corrected chi connectivity index (χ0v) is 13.9. The van der Waals surface area contributed by atoms with E-state index in [-0.39, 0.29) is 5.82 Å². The van der Waals surface area contributed by atoms with Crippen LogP contribution in [0.2, 0.25) is 0 Å². The molecule has 1 atom stereocenters. The first-order valence-corrected chi connectivity index (χ1v) is 8.59. The molecule has 3 heterocycles. The van der Waals surface area contributed by atoms with Crippen molar-refractivity contribution in [3.63, 3.8) is 0 Å². The summed E-state index contributed by atoms with van der Waals surface area (Å²) in [6.45, 7) is 2.46.